The quantitative estimate of drug-likeness (QED) is 0.651. The van der Waals surface area contributed by atoms with Crippen molar-refractivity contribution >= 4 is 47.8 Å². The van der Waals surface area contributed by atoms with Gasteiger partial charge in [0.15, 0.2) is 0 Å². The Morgan fingerprint density at radius 1 is 1.24 bits per heavy atom. The van der Waals surface area contributed by atoms with Gasteiger partial charge in [-0.15, -0.1) is 0 Å². The molecular formula is C15H21Br3N2O. The molecule has 1 aliphatic heterocycles. The average Bonchev–Trinajstić information content (AvgIpc) is 2.49. The zero-order chi connectivity index (χ0) is 15.6. The fourth-order valence-electron chi connectivity index (χ4n) is 2.88. The van der Waals surface area contributed by atoms with Gasteiger partial charge in [0.25, 0.3) is 0 Å². The van der Waals surface area contributed by atoms with Crippen molar-refractivity contribution < 1.29 is 5.11 Å². The van der Waals surface area contributed by atoms with E-state index in [1.165, 1.54) is 0 Å². The van der Waals surface area contributed by atoms with Gasteiger partial charge in [0.2, 0.25) is 0 Å². The average molecular weight is 485 g/mol. The van der Waals surface area contributed by atoms with E-state index in [1.54, 1.807) is 0 Å². The van der Waals surface area contributed by atoms with E-state index in [0.29, 0.717) is 16.4 Å². The molecule has 21 heavy (non-hydrogen) atoms. The largest absolute Gasteiger partial charge is 0.506 e. The minimum absolute atomic E-state index is 0.275. The van der Waals surface area contributed by atoms with Gasteiger partial charge < -0.3 is 10.4 Å². The molecule has 0 aromatic heterocycles. The van der Waals surface area contributed by atoms with Crippen LogP contribution in [0.5, 0.6) is 5.75 Å². The SMILES string of the molecule is CCC(C)[C@H](c1c(Br)cc(Br)c(O)c1Br)N1CCNCC1. The summed E-state index contributed by atoms with van der Waals surface area (Å²) in [6, 6.07) is 2.23. The van der Waals surface area contributed by atoms with Crippen molar-refractivity contribution in [2.24, 2.45) is 5.92 Å². The first kappa shape index (κ1) is 17.7. The summed E-state index contributed by atoms with van der Waals surface area (Å²) in [5, 5.41) is 13.7. The van der Waals surface area contributed by atoms with Crippen LogP contribution in [0.25, 0.3) is 0 Å². The van der Waals surface area contributed by atoms with Gasteiger partial charge in [0.1, 0.15) is 5.75 Å². The minimum Gasteiger partial charge on any atom is -0.506 e. The van der Waals surface area contributed by atoms with Gasteiger partial charge in [-0.1, -0.05) is 36.2 Å². The van der Waals surface area contributed by atoms with E-state index < -0.39 is 0 Å². The van der Waals surface area contributed by atoms with Gasteiger partial charge in [-0.3, -0.25) is 4.90 Å². The molecule has 1 aromatic rings. The molecule has 1 saturated heterocycles. The lowest BCUT2D eigenvalue weighted by molar-refractivity contribution is 0.127. The number of nitrogens with zero attached hydrogens (tertiary/aromatic N) is 1. The summed E-state index contributed by atoms with van der Waals surface area (Å²) in [5.41, 5.74) is 1.15. The molecule has 1 aliphatic rings. The minimum atomic E-state index is 0.275. The molecule has 1 aromatic carbocycles. The molecule has 1 unspecified atom stereocenters. The number of hydrogen-bond donors (Lipinski definition) is 2. The van der Waals surface area contributed by atoms with E-state index in [2.05, 4.69) is 71.9 Å². The van der Waals surface area contributed by atoms with Crippen molar-refractivity contribution in [2.45, 2.75) is 26.3 Å². The molecule has 0 aliphatic carbocycles. The normalized spacial score (nSPS) is 19.5. The lowest BCUT2D eigenvalue weighted by Gasteiger charge is -2.39. The zero-order valence-corrected chi connectivity index (χ0v) is 17.1. The Morgan fingerprint density at radius 3 is 2.43 bits per heavy atom. The number of benzene rings is 1. The molecule has 118 valence electrons. The smallest absolute Gasteiger partial charge is 0.144 e. The highest BCUT2D eigenvalue weighted by Crippen LogP contribution is 2.46. The number of hydrogen-bond acceptors (Lipinski definition) is 3. The first-order valence-electron chi connectivity index (χ1n) is 7.28. The predicted octanol–water partition coefficient (Wildman–Crippen LogP) is 4.67. The fraction of sp³-hybridized carbons (Fsp3) is 0.600. The zero-order valence-electron chi connectivity index (χ0n) is 12.3. The Balaban J connectivity index is 2.48. The molecule has 1 fully saturated rings. The highest BCUT2D eigenvalue weighted by atomic mass is 79.9. The lowest BCUT2D eigenvalue weighted by Crippen LogP contribution is -2.46. The van der Waals surface area contributed by atoms with E-state index in [0.717, 1.165) is 47.1 Å². The molecule has 2 atom stereocenters. The molecule has 3 nitrogen and oxygen atoms in total. The van der Waals surface area contributed by atoms with Crippen molar-refractivity contribution in [2.75, 3.05) is 26.2 Å². The summed E-state index contributed by atoms with van der Waals surface area (Å²) in [5.74, 6) is 0.785. The van der Waals surface area contributed by atoms with Crippen LogP contribution in [0.2, 0.25) is 0 Å². The molecule has 0 amide bonds. The number of rotatable bonds is 4. The number of halogens is 3. The maximum Gasteiger partial charge on any atom is 0.144 e. The van der Waals surface area contributed by atoms with Crippen LogP contribution in [-0.4, -0.2) is 36.2 Å². The van der Waals surface area contributed by atoms with Gasteiger partial charge in [-0.2, -0.15) is 0 Å². The van der Waals surface area contributed by atoms with Crippen molar-refractivity contribution in [1.29, 1.82) is 0 Å². The number of phenols is 1. The highest BCUT2D eigenvalue weighted by Gasteiger charge is 2.31. The highest BCUT2D eigenvalue weighted by molar-refractivity contribution is 9.11. The first-order chi connectivity index (χ1) is 9.97. The van der Waals surface area contributed by atoms with Crippen LogP contribution < -0.4 is 5.32 Å². The van der Waals surface area contributed by atoms with Crippen LogP contribution in [0.3, 0.4) is 0 Å². The van der Waals surface area contributed by atoms with Crippen LogP contribution in [0.4, 0.5) is 0 Å². The molecule has 0 radical (unpaired) electrons. The Labute approximate surface area is 151 Å². The van der Waals surface area contributed by atoms with Crippen LogP contribution >= 0.6 is 47.8 Å². The maximum atomic E-state index is 10.3. The molecular weight excluding hydrogens is 464 g/mol. The van der Waals surface area contributed by atoms with E-state index in [1.807, 2.05) is 6.07 Å². The Hall–Kier alpha value is 0.380. The first-order valence-corrected chi connectivity index (χ1v) is 9.66. The monoisotopic (exact) mass is 482 g/mol. The second-order valence-electron chi connectivity index (χ2n) is 5.53. The maximum absolute atomic E-state index is 10.3. The second kappa shape index (κ2) is 7.77. The summed E-state index contributed by atoms with van der Waals surface area (Å²) in [6.07, 6.45) is 1.10. The fourth-order valence-corrected chi connectivity index (χ4v) is 5.47. The van der Waals surface area contributed by atoms with Gasteiger partial charge in [0, 0.05) is 42.3 Å². The van der Waals surface area contributed by atoms with Crippen molar-refractivity contribution in [3.8, 4) is 5.75 Å². The number of nitrogens with one attached hydrogen (secondary N) is 1. The Bertz CT molecular complexity index is 504. The summed E-state index contributed by atoms with van der Waals surface area (Å²) in [4.78, 5) is 2.52. The molecule has 2 N–H and O–H groups in total. The van der Waals surface area contributed by atoms with E-state index in [4.69, 9.17) is 0 Å². The van der Waals surface area contributed by atoms with E-state index in [-0.39, 0.29) is 5.75 Å². The molecule has 0 spiro atoms. The van der Waals surface area contributed by atoms with Gasteiger partial charge in [-0.25, -0.2) is 0 Å². The van der Waals surface area contributed by atoms with Gasteiger partial charge >= 0.3 is 0 Å². The van der Waals surface area contributed by atoms with Crippen LogP contribution in [0.1, 0.15) is 31.9 Å². The summed E-state index contributed by atoms with van der Waals surface area (Å²) in [7, 11) is 0. The molecule has 0 saturated carbocycles. The Kier molecular flexibility index (Phi) is 6.56. The summed E-state index contributed by atoms with van der Waals surface area (Å²) >= 11 is 10.7. The second-order valence-corrected chi connectivity index (χ2v) is 8.03. The number of phenolic OH excluding ortho intramolecular Hbond substituents is 1. The number of aromatic hydroxyl groups is 1. The summed E-state index contributed by atoms with van der Waals surface area (Å²) < 4.78 is 2.52. The molecule has 1 heterocycles. The van der Waals surface area contributed by atoms with Crippen molar-refractivity contribution in [3.63, 3.8) is 0 Å². The molecule has 2 rings (SSSR count). The molecule has 6 heteroatoms. The third-order valence-electron chi connectivity index (χ3n) is 4.21. The number of piperazine rings is 1. The third kappa shape index (κ3) is 3.83. The topological polar surface area (TPSA) is 35.5 Å². The predicted molar refractivity (Wildman–Crippen MR) is 97.8 cm³/mol. The Morgan fingerprint density at radius 2 is 1.86 bits per heavy atom. The lowest BCUT2D eigenvalue weighted by atomic mass is 9.90. The summed E-state index contributed by atoms with van der Waals surface area (Å²) in [6.45, 7) is 8.61. The van der Waals surface area contributed by atoms with E-state index in [9.17, 15) is 5.11 Å². The van der Waals surface area contributed by atoms with Gasteiger partial charge in [-0.05, 0) is 43.8 Å². The van der Waals surface area contributed by atoms with Crippen LogP contribution in [-0.2, 0) is 0 Å². The van der Waals surface area contributed by atoms with E-state index >= 15 is 0 Å². The molecule has 0 bridgehead atoms. The third-order valence-corrected chi connectivity index (χ3v) is 6.27. The standard InChI is InChI=1S/C15H21Br3N2O/c1-3-9(2)14(20-6-4-19-5-7-20)12-10(16)8-11(17)15(21)13(12)18/h8-9,14,19,21H,3-7H2,1-2H3/t9?,14-/m1/s1. The van der Waals surface area contributed by atoms with Gasteiger partial charge in [0.05, 0.1) is 8.95 Å². The van der Waals surface area contributed by atoms with Crippen LogP contribution in [0, 0.1) is 5.92 Å². The van der Waals surface area contributed by atoms with Crippen molar-refractivity contribution in [3.05, 3.63) is 25.0 Å². The van der Waals surface area contributed by atoms with Crippen LogP contribution in [0.15, 0.2) is 19.5 Å². The van der Waals surface area contributed by atoms with Crippen molar-refractivity contribution in [1.82, 2.24) is 10.2 Å².